The monoisotopic (exact) mass is 347 g/mol. The summed E-state index contributed by atoms with van der Waals surface area (Å²) in [4.78, 5) is 7.27. The number of benzene rings is 2. The number of hydrogen-bond acceptors (Lipinski definition) is 4. The molecule has 0 aliphatic rings. The molecule has 0 aliphatic carbocycles. The van der Waals surface area contributed by atoms with Gasteiger partial charge in [0.15, 0.2) is 0 Å². The molecule has 4 nitrogen and oxygen atoms in total. The van der Waals surface area contributed by atoms with Gasteiger partial charge in [0.05, 0.1) is 12.6 Å². The lowest BCUT2D eigenvalue weighted by Gasteiger charge is -2.12. The average Bonchev–Trinajstić information content (AvgIpc) is 2.61. The predicted octanol–water partition coefficient (Wildman–Crippen LogP) is 4.31. The molecule has 0 saturated carbocycles. The van der Waals surface area contributed by atoms with Gasteiger partial charge in [-0.15, -0.1) is 0 Å². The second kappa shape index (κ2) is 6.96. The molecular weight excluding hydrogens is 331 g/mol. The molecule has 0 amide bonds. The molecule has 1 heterocycles. The van der Waals surface area contributed by atoms with Crippen molar-refractivity contribution in [1.29, 1.82) is 0 Å². The maximum Gasteiger partial charge on any atom is 0.451 e. The molecule has 0 atom stereocenters. The van der Waals surface area contributed by atoms with Crippen LogP contribution in [0.2, 0.25) is 0 Å². The Kier molecular flexibility index (Phi) is 4.74. The zero-order valence-electron chi connectivity index (χ0n) is 13.5. The van der Waals surface area contributed by atoms with Crippen LogP contribution >= 0.6 is 0 Å². The number of rotatable bonds is 5. The minimum absolute atomic E-state index is 0.181. The van der Waals surface area contributed by atoms with Gasteiger partial charge < -0.3 is 10.1 Å². The molecule has 3 rings (SSSR count). The van der Waals surface area contributed by atoms with E-state index in [0.717, 1.165) is 11.3 Å². The smallest absolute Gasteiger partial charge is 0.451 e. The van der Waals surface area contributed by atoms with Crippen LogP contribution in [0, 0.1) is 0 Å². The molecule has 1 aromatic heterocycles. The number of nitrogens with zero attached hydrogens (tertiary/aromatic N) is 2. The maximum atomic E-state index is 13.0. The van der Waals surface area contributed by atoms with Crippen molar-refractivity contribution in [3.8, 4) is 5.75 Å². The zero-order chi connectivity index (χ0) is 17.9. The number of nitrogens with one attached hydrogen (secondary N) is 1. The minimum Gasteiger partial charge on any atom is -0.497 e. The Hall–Kier alpha value is -2.83. The molecule has 0 radical (unpaired) electrons. The third-order valence-electron chi connectivity index (χ3n) is 3.70. The molecule has 7 heteroatoms. The van der Waals surface area contributed by atoms with E-state index in [-0.39, 0.29) is 11.3 Å². The summed E-state index contributed by atoms with van der Waals surface area (Å²) in [6, 6.07) is 14.2. The zero-order valence-corrected chi connectivity index (χ0v) is 13.5. The summed E-state index contributed by atoms with van der Waals surface area (Å²) in [6.07, 6.45) is -3.97. The van der Waals surface area contributed by atoms with Crippen LogP contribution in [0.5, 0.6) is 5.75 Å². The Labute approximate surface area is 142 Å². The summed E-state index contributed by atoms with van der Waals surface area (Å²) in [5.41, 5.74) is 1.27. The Morgan fingerprint density at radius 2 is 1.84 bits per heavy atom. The van der Waals surface area contributed by atoms with Crippen LogP contribution in [0.4, 0.5) is 19.0 Å². The summed E-state index contributed by atoms with van der Waals surface area (Å²) in [7, 11) is 1.59. The molecule has 25 heavy (non-hydrogen) atoms. The minimum atomic E-state index is -4.59. The molecule has 3 aromatic rings. The fraction of sp³-hybridized carbons (Fsp3) is 0.222. The van der Waals surface area contributed by atoms with Gasteiger partial charge in [-0.2, -0.15) is 13.2 Å². The van der Waals surface area contributed by atoms with Gasteiger partial charge >= 0.3 is 6.18 Å². The predicted molar refractivity (Wildman–Crippen MR) is 89.7 cm³/mol. The van der Waals surface area contributed by atoms with E-state index in [9.17, 15) is 13.2 Å². The van der Waals surface area contributed by atoms with Crippen LogP contribution in [-0.2, 0) is 12.6 Å². The van der Waals surface area contributed by atoms with Crippen LogP contribution in [-0.4, -0.2) is 23.6 Å². The van der Waals surface area contributed by atoms with Crippen molar-refractivity contribution < 1.29 is 17.9 Å². The van der Waals surface area contributed by atoms with Gasteiger partial charge in [0.25, 0.3) is 0 Å². The lowest BCUT2D eigenvalue weighted by atomic mass is 10.1. The highest BCUT2D eigenvalue weighted by molar-refractivity contribution is 5.89. The molecular formula is C18H16F3N3O. The van der Waals surface area contributed by atoms with E-state index in [1.807, 2.05) is 24.3 Å². The first kappa shape index (κ1) is 17.0. The molecule has 1 N–H and O–H groups in total. The van der Waals surface area contributed by atoms with Gasteiger partial charge in [-0.25, -0.2) is 9.97 Å². The number of para-hydroxylation sites is 1. The number of hydrogen-bond donors (Lipinski definition) is 1. The van der Waals surface area contributed by atoms with Gasteiger partial charge in [-0.05, 0) is 36.2 Å². The third-order valence-corrected chi connectivity index (χ3v) is 3.70. The first-order chi connectivity index (χ1) is 12.0. The van der Waals surface area contributed by atoms with Gasteiger partial charge in [0, 0.05) is 11.9 Å². The fourth-order valence-corrected chi connectivity index (χ4v) is 2.49. The van der Waals surface area contributed by atoms with Crippen molar-refractivity contribution >= 4 is 16.7 Å². The van der Waals surface area contributed by atoms with Crippen molar-refractivity contribution in [3.63, 3.8) is 0 Å². The highest BCUT2D eigenvalue weighted by atomic mass is 19.4. The highest BCUT2D eigenvalue weighted by Crippen LogP contribution is 2.30. The van der Waals surface area contributed by atoms with E-state index in [4.69, 9.17) is 4.74 Å². The van der Waals surface area contributed by atoms with Crippen molar-refractivity contribution in [2.45, 2.75) is 12.6 Å². The molecule has 0 saturated heterocycles. The number of aromatic nitrogens is 2. The Morgan fingerprint density at radius 1 is 1.04 bits per heavy atom. The van der Waals surface area contributed by atoms with Crippen LogP contribution < -0.4 is 10.1 Å². The standard InChI is InChI=1S/C18H16F3N3O/c1-25-13-6-4-5-12(11-13)9-10-22-16-14-7-2-3-8-15(14)23-17(24-16)18(19,20)21/h2-8,11H,9-10H2,1H3,(H,22,23,24). The van der Waals surface area contributed by atoms with E-state index in [0.29, 0.717) is 18.4 Å². The molecule has 0 fully saturated rings. The number of ether oxygens (including phenoxy) is 1. The van der Waals surface area contributed by atoms with E-state index >= 15 is 0 Å². The molecule has 0 unspecified atom stereocenters. The van der Waals surface area contributed by atoms with Crippen molar-refractivity contribution in [1.82, 2.24) is 9.97 Å². The second-order valence-corrected chi connectivity index (χ2v) is 5.44. The summed E-state index contributed by atoms with van der Waals surface area (Å²) < 4.78 is 44.2. The van der Waals surface area contributed by atoms with Crippen LogP contribution in [0.25, 0.3) is 10.9 Å². The topological polar surface area (TPSA) is 47.0 Å². The lowest BCUT2D eigenvalue weighted by molar-refractivity contribution is -0.144. The molecule has 0 spiro atoms. The number of fused-ring (bicyclic) bond motifs is 1. The number of anilines is 1. The summed E-state index contributed by atoms with van der Waals surface area (Å²) in [6.45, 7) is 0.436. The average molecular weight is 347 g/mol. The summed E-state index contributed by atoms with van der Waals surface area (Å²) in [5.74, 6) is -0.222. The number of alkyl halides is 3. The maximum absolute atomic E-state index is 13.0. The van der Waals surface area contributed by atoms with Crippen LogP contribution in [0.1, 0.15) is 11.4 Å². The Balaban J connectivity index is 1.82. The van der Waals surface area contributed by atoms with Crippen molar-refractivity contribution in [2.24, 2.45) is 0 Å². The molecule has 130 valence electrons. The fourth-order valence-electron chi connectivity index (χ4n) is 2.49. The van der Waals surface area contributed by atoms with Gasteiger partial charge in [0.2, 0.25) is 5.82 Å². The molecule has 0 aliphatic heterocycles. The number of methoxy groups -OCH3 is 1. The first-order valence-corrected chi connectivity index (χ1v) is 7.68. The van der Waals surface area contributed by atoms with Gasteiger partial charge in [-0.1, -0.05) is 24.3 Å². The number of halogens is 3. The van der Waals surface area contributed by atoms with E-state index < -0.39 is 12.0 Å². The van der Waals surface area contributed by atoms with E-state index in [1.165, 1.54) is 0 Å². The van der Waals surface area contributed by atoms with Crippen molar-refractivity contribution in [3.05, 3.63) is 59.9 Å². The van der Waals surface area contributed by atoms with Gasteiger partial charge in [-0.3, -0.25) is 0 Å². The summed E-state index contributed by atoms with van der Waals surface area (Å²) >= 11 is 0. The van der Waals surface area contributed by atoms with E-state index in [1.54, 1.807) is 31.4 Å². The van der Waals surface area contributed by atoms with E-state index in [2.05, 4.69) is 15.3 Å². The second-order valence-electron chi connectivity index (χ2n) is 5.44. The third kappa shape index (κ3) is 3.99. The SMILES string of the molecule is COc1cccc(CCNc2nc(C(F)(F)F)nc3ccccc23)c1. The normalized spacial score (nSPS) is 11.5. The molecule has 0 bridgehead atoms. The highest BCUT2D eigenvalue weighted by Gasteiger charge is 2.35. The van der Waals surface area contributed by atoms with Crippen molar-refractivity contribution in [2.75, 3.05) is 19.0 Å². The summed E-state index contributed by atoms with van der Waals surface area (Å²) in [5, 5.41) is 3.55. The van der Waals surface area contributed by atoms with Crippen LogP contribution in [0.15, 0.2) is 48.5 Å². The first-order valence-electron chi connectivity index (χ1n) is 7.68. The molecule has 2 aromatic carbocycles. The van der Waals surface area contributed by atoms with Gasteiger partial charge in [0.1, 0.15) is 11.6 Å². The Bertz CT molecular complexity index is 881. The quantitative estimate of drug-likeness (QED) is 0.747. The lowest BCUT2D eigenvalue weighted by Crippen LogP contribution is -2.14. The van der Waals surface area contributed by atoms with Crippen LogP contribution in [0.3, 0.4) is 0 Å². The largest absolute Gasteiger partial charge is 0.497 e. The Morgan fingerprint density at radius 3 is 2.60 bits per heavy atom.